The number of benzene rings is 2. The maximum Gasteiger partial charge on any atom is 0.254 e. The fourth-order valence-corrected chi connectivity index (χ4v) is 3.44. The van der Waals surface area contributed by atoms with Crippen molar-refractivity contribution in [1.29, 1.82) is 0 Å². The van der Waals surface area contributed by atoms with Crippen LogP contribution in [0.1, 0.15) is 42.0 Å². The number of amides is 1. The fraction of sp³-hybridized carbons (Fsp3) is 0.417. The predicted molar refractivity (Wildman–Crippen MR) is 119 cm³/mol. The minimum Gasteiger partial charge on any atom is -0.297 e. The third kappa shape index (κ3) is 6.80. The molecule has 2 aromatic carbocycles. The summed E-state index contributed by atoms with van der Waals surface area (Å²) in [6.07, 6.45) is 1.70. The van der Waals surface area contributed by atoms with Crippen LogP contribution in [0.25, 0.3) is 0 Å². The van der Waals surface area contributed by atoms with Crippen LogP contribution in [0, 0.1) is 6.92 Å². The van der Waals surface area contributed by atoms with E-state index in [4.69, 9.17) is 0 Å². The van der Waals surface area contributed by atoms with Crippen LogP contribution in [0.2, 0.25) is 0 Å². The number of rotatable bonds is 7. The van der Waals surface area contributed by atoms with E-state index in [1.807, 2.05) is 12.1 Å². The van der Waals surface area contributed by atoms with Crippen molar-refractivity contribution in [2.45, 2.75) is 33.2 Å². The van der Waals surface area contributed by atoms with Crippen molar-refractivity contribution < 1.29 is 4.79 Å². The molecule has 0 radical (unpaired) electrons. The molecule has 0 saturated carbocycles. The zero-order valence-corrected chi connectivity index (χ0v) is 17.8. The molecule has 0 aliphatic carbocycles. The number of nitrogens with one attached hydrogen (secondary N) is 1. The van der Waals surface area contributed by atoms with Crippen LogP contribution >= 0.6 is 0 Å². The molecule has 2 aromatic rings. The lowest BCUT2D eigenvalue weighted by Crippen LogP contribution is -2.48. The fourth-order valence-electron chi connectivity index (χ4n) is 3.44. The van der Waals surface area contributed by atoms with Crippen LogP contribution in [0.5, 0.6) is 0 Å². The molecule has 3 rings (SSSR count). The normalized spacial score (nSPS) is 15.9. The van der Waals surface area contributed by atoms with Gasteiger partial charge in [0.25, 0.3) is 5.91 Å². The number of carbonyl (C=O) groups is 1. The quantitative estimate of drug-likeness (QED) is 0.580. The summed E-state index contributed by atoms with van der Waals surface area (Å²) in [6, 6.07) is 17.0. The van der Waals surface area contributed by atoms with Crippen LogP contribution in [-0.2, 0) is 11.3 Å². The summed E-state index contributed by atoms with van der Waals surface area (Å²) in [7, 11) is 0. The average molecular weight is 393 g/mol. The van der Waals surface area contributed by atoms with E-state index in [0.29, 0.717) is 12.5 Å². The molecule has 1 heterocycles. The molecule has 1 aliphatic rings. The lowest BCUT2D eigenvalue weighted by molar-refractivity contribution is -0.122. The van der Waals surface area contributed by atoms with Crippen molar-refractivity contribution in [2.24, 2.45) is 5.10 Å². The molecule has 1 amide bonds. The van der Waals surface area contributed by atoms with Gasteiger partial charge in [0.2, 0.25) is 0 Å². The SMILES string of the molecule is Cc1ccc(CN2CCN(CC(=O)NN=Cc3ccc(C(C)C)cc3)CC2)cc1. The zero-order valence-electron chi connectivity index (χ0n) is 17.8. The number of hydrazone groups is 1. The summed E-state index contributed by atoms with van der Waals surface area (Å²) in [5, 5.41) is 4.10. The van der Waals surface area contributed by atoms with E-state index >= 15 is 0 Å². The molecule has 0 unspecified atom stereocenters. The van der Waals surface area contributed by atoms with Gasteiger partial charge in [-0.05, 0) is 29.5 Å². The highest BCUT2D eigenvalue weighted by atomic mass is 16.2. The van der Waals surface area contributed by atoms with E-state index in [1.165, 1.54) is 16.7 Å². The Bertz CT molecular complexity index is 804. The second-order valence-corrected chi connectivity index (χ2v) is 8.15. The number of carbonyl (C=O) groups excluding carboxylic acids is 1. The van der Waals surface area contributed by atoms with Gasteiger partial charge < -0.3 is 0 Å². The van der Waals surface area contributed by atoms with Crippen molar-refractivity contribution in [2.75, 3.05) is 32.7 Å². The summed E-state index contributed by atoms with van der Waals surface area (Å²) < 4.78 is 0. The first-order valence-corrected chi connectivity index (χ1v) is 10.4. The number of nitrogens with zero attached hydrogens (tertiary/aromatic N) is 3. The highest BCUT2D eigenvalue weighted by molar-refractivity contribution is 5.83. The van der Waals surface area contributed by atoms with Crippen molar-refractivity contribution in [3.63, 3.8) is 0 Å². The first kappa shape index (κ1) is 21.2. The van der Waals surface area contributed by atoms with Gasteiger partial charge in [0.05, 0.1) is 12.8 Å². The van der Waals surface area contributed by atoms with Gasteiger partial charge in [-0.15, -0.1) is 0 Å². The van der Waals surface area contributed by atoms with Gasteiger partial charge in [0, 0.05) is 32.7 Å². The average Bonchev–Trinajstić information content (AvgIpc) is 2.71. The van der Waals surface area contributed by atoms with E-state index < -0.39 is 0 Å². The number of aryl methyl sites for hydroxylation is 1. The first-order valence-electron chi connectivity index (χ1n) is 10.4. The van der Waals surface area contributed by atoms with Crippen molar-refractivity contribution >= 4 is 12.1 Å². The molecule has 0 bridgehead atoms. The van der Waals surface area contributed by atoms with Gasteiger partial charge >= 0.3 is 0 Å². The van der Waals surface area contributed by atoms with Crippen LogP contribution in [0.15, 0.2) is 53.6 Å². The molecule has 1 N–H and O–H groups in total. The van der Waals surface area contributed by atoms with Gasteiger partial charge in [-0.1, -0.05) is 67.9 Å². The Labute approximate surface area is 174 Å². The lowest BCUT2D eigenvalue weighted by atomic mass is 10.0. The summed E-state index contributed by atoms with van der Waals surface area (Å²) >= 11 is 0. The minimum atomic E-state index is -0.0629. The van der Waals surface area contributed by atoms with E-state index in [2.05, 4.69) is 77.5 Å². The van der Waals surface area contributed by atoms with Crippen molar-refractivity contribution in [3.05, 3.63) is 70.8 Å². The summed E-state index contributed by atoms with van der Waals surface area (Å²) in [5.74, 6) is 0.449. The molecule has 1 saturated heterocycles. The third-order valence-corrected chi connectivity index (χ3v) is 5.36. The van der Waals surface area contributed by atoms with Crippen molar-refractivity contribution in [3.8, 4) is 0 Å². The molecule has 29 heavy (non-hydrogen) atoms. The number of hydrogen-bond acceptors (Lipinski definition) is 4. The molecule has 0 spiro atoms. The Hall–Kier alpha value is -2.50. The van der Waals surface area contributed by atoms with Crippen LogP contribution in [-0.4, -0.2) is 54.6 Å². The molecule has 1 fully saturated rings. The Morgan fingerprint density at radius 1 is 1.00 bits per heavy atom. The topological polar surface area (TPSA) is 47.9 Å². The second kappa shape index (κ2) is 10.3. The second-order valence-electron chi connectivity index (χ2n) is 8.15. The Morgan fingerprint density at radius 3 is 2.24 bits per heavy atom. The molecule has 5 nitrogen and oxygen atoms in total. The maximum absolute atomic E-state index is 12.2. The third-order valence-electron chi connectivity index (χ3n) is 5.36. The standard InChI is InChI=1S/C24H32N4O/c1-19(2)23-10-8-21(9-11-23)16-25-26-24(29)18-28-14-12-27(13-15-28)17-22-6-4-20(3)5-7-22/h4-11,16,19H,12-15,17-18H2,1-3H3,(H,26,29). The number of piperazine rings is 1. The van der Waals surface area contributed by atoms with Gasteiger partial charge in [0.1, 0.15) is 0 Å². The molecule has 0 aromatic heterocycles. The molecular formula is C24H32N4O. The first-order chi connectivity index (χ1) is 14.0. The minimum absolute atomic E-state index is 0.0629. The highest BCUT2D eigenvalue weighted by Gasteiger charge is 2.18. The summed E-state index contributed by atoms with van der Waals surface area (Å²) in [5.41, 5.74) is 7.57. The van der Waals surface area contributed by atoms with Crippen LogP contribution in [0.3, 0.4) is 0 Å². The molecule has 0 atom stereocenters. The monoisotopic (exact) mass is 392 g/mol. The largest absolute Gasteiger partial charge is 0.297 e. The molecule has 154 valence electrons. The van der Waals surface area contributed by atoms with E-state index in [9.17, 15) is 4.79 Å². The maximum atomic E-state index is 12.2. The Balaban J connectivity index is 1.37. The predicted octanol–water partition coefficient (Wildman–Crippen LogP) is 3.39. The lowest BCUT2D eigenvalue weighted by Gasteiger charge is -2.34. The molecule has 1 aliphatic heterocycles. The van der Waals surface area contributed by atoms with E-state index in [-0.39, 0.29) is 5.91 Å². The van der Waals surface area contributed by atoms with Gasteiger partial charge in [-0.3, -0.25) is 14.6 Å². The van der Waals surface area contributed by atoms with E-state index in [0.717, 1.165) is 38.3 Å². The van der Waals surface area contributed by atoms with Gasteiger partial charge in [-0.25, -0.2) is 5.43 Å². The molecule has 5 heteroatoms. The van der Waals surface area contributed by atoms with Gasteiger partial charge in [-0.2, -0.15) is 5.10 Å². The van der Waals surface area contributed by atoms with Gasteiger partial charge in [0.15, 0.2) is 0 Å². The Kier molecular flexibility index (Phi) is 7.55. The Morgan fingerprint density at radius 2 is 1.62 bits per heavy atom. The van der Waals surface area contributed by atoms with Crippen LogP contribution in [0.4, 0.5) is 0 Å². The van der Waals surface area contributed by atoms with Crippen molar-refractivity contribution in [1.82, 2.24) is 15.2 Å². The highest BCUT2D eigenvalue weighted by Crippen LogP contribution is 2.14. The molecular weight excluding hydrogens is 360 g/mol. The van der Waals surface area contributed by atoms with E-state index in [1.54, 1.807) is 6.21 Å². The summed E-state index contributed by atoms with van der Waals surface area (Å²) in [6.45, 7) is 11.6. The smallest absolute Gasteiger partial charge is 0.254 e. The van der Waals surface area contributed by atoms with Crippen LogP contribution < -0.4 is 5.43 Å². The number of hydrogen-bond donors (Lipinski definition) is 1. The zero-order chi connectivity index (χ0) is 20.6. The summed E-state index contributed by atoms with van der Waals surface area (Å²) in [4.78, 5) is 16.8.